The van der Waals surface area contributed by atoms with Crippen LogP contribution in [-0.4, -0.2) is 41.5 Å². The third kappa shape index (κ3) is 4.77. The van der Waals surface area contributed by atoms with Crippen molar-refractivity contribution in [3.63, 3.8) is 0 Å². The number of amides is 1. The quantitative estimate of drug-likeness (QED) is 0.764. The number of rotatable bonds is 6. The molecule has 154 valence electrons. The van der Waals surface area contributed by atoms with Crippen LogP contribution >= 0.6 is 0 Å². The van der Waals surface area contributed by atoms with Crippen molar-refractivity contribution >= 4 is 12.1 Å². The van der Waals surface area contributed by atoms with Gasteiger partial charge in [-0.2, -0.15) is 0 Å². The van der Waals surface area contributed by atoms with E-state index in [1.165, 1.54) is 0 Å². The first-order valence-electron chi connectivity index (χ1n) is 9.69. The van der Waals surface area contributed by atoms with Crippen LogP contribution in [0.1, 0.15) is 44.7 Å². The first-order valence-corrected chi connectivity index (χ1v) is 9.69. The Morgan fingerprint density at radius 1 is 1.03 bits per heavy atom. The molecular weight excluding hydrogens is 370 g/mol. The Bertz CT molecular complexity index is 857. The summed E-state index contributed by atoms with van der Waals surface area (Å²) < 4.78 is 11.1. The maximum absolute atomic E-state index is 12.4. The fourth-order valence-corrected chi connectivity index (χ4v) is 3.77. The van der Waals surface area contributed by atoms with Crippen LogP contribution in [0.25, 0.3) is 11.1 Å². The molecule has 0 spiro atoms. The van der Waals surface area contributed by atoms with Crippen molar-refractivity contribution in [1.82, 2.24) is 5.32 Å². The number of hydrogen-bond acceptors (Lipinski definition) is 4. The molecule has 2 aromatic rings. The number of carbonyl (C=O) groups is 2. The van der Waals surface area contributed by atoms with E-state index in [1.54, 1.807) is 6.92 Å². The molecule has 1 aliphatic rings. The molecule has 6 heteroatoms. The number of carboxylic acid groups (broad SMARTS) is 1. The molecule has 6 nitrogen and oxygen atoms in total. The van der Waals surface area contributed by atoms with Gasteiger partial charge in [0, 0.05) is 5.92 Å². The number of alkyl carbamates (subject to hydrolysis) is 1. The van der Waals surface area contributed by atoms with Gasteiger partial charge in [-0.05, 0) is 49.9 Å². The van der Waals surface area contributed by atoms with E-state index >= 15 is 0 Å². The van der Waals surface area contributed by atoms with Gasteiger partial charge in [0.1, 0.15) is 6.61 Å². The summed E-state index contributed by atoms with van der Waals surface area (Å²) >= 11 is 0. The first kappa shape index (κ1) is 20.9. The van der Waals surface area contributed by atoms with Crippen molar-refractivity contribution in [2.24, 2.45) is 0 Å². The number of benzene rings is 2. The molecule has 1 aliphatic carbocycles. The van der Waals surface area contributed by atoms with Crippen LogP contribution in [0, 0.1) is 0 Å². The highest BCUT2D eigenvalue weighted by Gasteiger charge is 2.32. The van der Waals surface area contributed by atoms with E-state index in [4.69, 9.17) is 9.47 Å². The highest BCUT2D eigenvalue weighted by molar-refractivity contribution is 5.81. The van der Waals surface area contributed by atoms with Crippen molar-refractivity contribution in [1.29, 1.82) is 0 Å². The van der Waals surface area contributed by atoms with Crippen molar-refractivity contribution in [3.05, 3.63) is 59.7 Å². The van der Waals surface area contributed by atoms with Gasteiger partial charge in [-0.15, -0.1) is 0 Å². The minimum Gasteiger partial charge on any atom is -0.480 e. The predicted molar refractivity (Wildman–Crippen MR) is 110 cm³/mol. The molecule has 0 fully saturated rings. The Hall–Kier alpha value is -2.86. The number of fused-ring (bicyclic) bond motifs is 3. The average Bonchev–Trinajstić information content (AvgIpc) is 2.96. The van der Waals surface area contributed by atoms with Gasteiger partial charge in [0.25, 0.3) is 0 Å². The summed E-state index contributed by atoms with van der Waals surface area (Å²) in [6, 6.07) is 14.9. The number of nitrogens with one attached hydrogen (secondary N) is 1. The van der Waals surface area contributed by atoms with Gasteiger partial charge in [0.15, 0.2) is 6.04 Å². The van der Waals surface area contributed by atoms with Gasteiger partial charge in [0.05, 0.1) is 11.7 Å². The van der Waals surface area contributed by atoms with Gasteiger partial charge in [-0.1, -0.05) is 48.5 Å². The molecular formula is C23H27NO5. The summed E-state index contributed by atoms with van der Waals surface area (Å²) in [6.07, 6.45) is -1.49. The Labute approximate surface area is 170 Å². The topological polar surface area (TPSA) is 84.9 Å². The number of carboxylic acids is 1. The zero-order valence-electron chi connectivity index (χ0n) is 17.1. The second kappa shape index (κ2) is 8.25. The normalized spacial score (nSPS) is 15.2. The first-order chi connectivity index (χ1) is 13.7. The lowest BCUT2D eigenvalue weighted by atomic mass is 9.98. The maximum Gasteiger partial charge on any atom is 0.407 e. The fourth-order valence-electron chi connectivity index (χ4n) is 3.77. The molecule has 2 unspecified atom stereocenters. The number of aliphatic carboxylic acids is 1. The summed E-state index contributed by atoms with van der Waals surface area (Å²) in [5.41, 5.74) is 3.93. The van der Waals surface area contributed by atoms with E-state index in [1.807, 2.05) is 57.2 Å². The molecule has 0 aromatic heterocycles. The van der Waals surface area contributed by atoms with Gasteiger partial charge in [-0.3, -0.25) is 0 Å². The fraction of sp³-hybridized carbons (Fsp3) is 0.391. The second-order valence-electron chi connectivity index (χ2n) is 8.22. The van der Waals surface area contributed by atoms with Gasteiger partial charge < -0.3 is 19.9 Å². The van der Waals surface area contributed by atoms with Crippen molar-refractivity contribution in [2.45, 2.75) is 51.4 Å². The monoisotopic (exact) mass is 397 g/mol. The molecule has 2 N–H and O–H groups in total. The average molecular weight is 397 g/mol. The molecule has 2 aromatic carbocycles. The summed E-state index contributed by atoms with van der Waals surface area (Å²) in [5, 5.41) is 11.9. The predicted octanol–water partition coefficient (Wildman–Crippen LogP) is 4.18. The third-order valence-electron chi connectivity index (χ3n) is 4.89. The zero-order chi connectivity index (χ0) is 21.2. The lowest BCUT2D eigenvalue weighted by Gasteiger charge is -2.29. The van der Waals surface area contributed by atoms with E-state index < -0.39 is 29.8 Å². The Balaban J connectivity index is 1.68. The SMILES string of the molecule is CC(OC(C)(C)C)C(NC(=O)OCC1c2ccccc2-c2ccccc21)C(=O)O. The van der Waals surface area contributed by atoms with Crippen LogP contribution in [0.5, 0.6) is 0 Å². The third-order valence-corrected chi connectivity index (χ3v) is 4.89. The molecule has 1 amide bonds. The second-order valence-corrected chi connectivity index (χ2v) is 8.22. The summed E-state index contributed by atoms with van der Waals surface area (Å²) in [7, 11) is 0. The van der Waals surface area contributed by atoms with Crippen molar-refractivity contribution in [3.8, 4) is 11.1 Å². The minimum atomic E-state index is -1.20. The van der Waals surface area contributed by atoms with Crippen LogP contribution in [-0.2, 0) is 14.3 Å². The summed E-state index contributed by atoms with van der Waals surface area (Å²) in [6.45, 7) is 7.23. The van der Waals surface area contributed by atoms with Gasteiger partial charge in [0.2, 0.25) is 0 Å². The largest absolute Gasteiger partial charge is 0.480 e. The highest BCUT2D eigenvalue weighted by Crippen LogP contribution is 2.44. The van der Waals surface area contributed by atoms with Crippen LogP contribution in [0.15, 0.2) is 48.5 Å². The van der Waals surface area contributed by atoms with Gasteiger partial charge >= 0.3 is 12.1 Å². The Morgan fingerprint density at radius 2 is 1.55 bits per heavy atom. The maximum atomic E-state index is 12.4. The Kier molecular flexibility index (Phi) is 5.94. The van der Waals surface area contributed by atoms with Crippen molar-refractivity contribution in [2.75, 3.05) is 6.61 Å². The Morgan fingerprint density at radius 3 is 2.03 bits per heavy atom. The van der Waals surface area contributed by atoms with Crippen LogP contribution in [0.2, 0.25) is 0 Å². The molecule has 0 saturated carbocycles. The minimum absolute atomic E-state index is 0.0836. The molecule has 2 atom stereocenters. The van der Waals surface area contributed by atoms with Crippen LogP contribution in [0.4, 0.5) is 4.79 Å². The molecule has 0 saturated heterocycles. The van der Waals surface area contributed by atoms with E-state index in [0.29, 0.717) is 0 Å². The van der Waals surface area contributed by atoms with E-state index in [9.17, 15) is 14.7 Å². The molecule has 0 aliphatic heterocycles. The van der Waals surface area contributed by atoms with E-state index in [-0.39, 0.29) is 12.5 Å². The van der Waals surface area contributed by atoms with Crippen molar-refractivity contribution < 1.29 is 24.2 Å². The molecule has 0 radical (unpaired) electrons. The molecule has 3 rings (SSSR count). The van der Waals surface area contributed by atoms with Crippen LogP contribution < -0.4 is 5.32 Å². The standard InChI is InChI=1S/C23H27NO5/c1-14(29-23(2,3)4)20(21(25)26)24-22(27)28-13-19-17-11-7-5-9-15(17)16-10-6-8-12-18(16)19/h5-12,14,19-20H,13H2,1-4H3,(H,24,27)(H,25,26). The summed E-state index contributed by atoms with van der Waals surface area (Å²) in [5.74, 6) is -1.25. The lowest BCUT2D eigenvalue weighted by molar-refractivity contribution is -0.147. The lowest BCUT2D eigenvalue weighted by Crippen LogP contribution is -2.50. The number of hydrogen-bond donors (Lipinski definition) is 2. The van der Waals surface area contributed by atoms with E-state index in [0.717, 1.165) is 22.3 Å². The smallest absolute Gasteiger partial charge is 0.407 e. The molecule has 0 bridgehead atoms. The summed E-state index contributed by atoms with van der Waals surface area (Å²) in [4.78, 5) is 24.0. The van der Waals surface area contributed by atoms with E-state index in [2.05, 4.69) is 17.4 Å². The highest BCUT2D eigenvalue weighted by atomic mass is 16.6. The molecule has 0 heterocycles. The molecule has 29 heavy (non-hydrogen) atoms. The number of ether oxygens (including phenoxy) is 2. The van der Waals surface area contributed by atoms with Gasteiger partial charge in [-0.25, -0.2) is 9.59 Å². The van der Waals surface area contributed by atoms with Crippen LogP contribution in [0.3, 0.4) is 0 Å². The zero-order valence-corrected chi connectivity index (χ0v) is 17.1. The number of carbonyl (C=O) groups excluding carboxylic acids is 1.